The number of carbonyl (C=O) groups is 1. The highest BCUT2D eigenvalue weighted by molar-refractivity contribution is 7.20. The fourth-order valence-corrected chi connectivity index (χ4v) is 6.68. The molecule has 0 aliphatic carbocycles. The maximum atomic E-state index is 13.6. The van der Waals surface area contributed by atoms with E-state index in [2.05, 4.69) is 53.7 Å². The molecule has 8 nitrogen and oxygen atoms in total. The van der Waals surface area contributed by atoms with Gasteiger partial charge in [-0.1, -0.05) is 13.8 Å². The molecule has 0 atom stereocenters. The lowest BCUT2D eigenvalue weighted by molar-refractivity contribution is 0.0630. The largest absolute Gasteiger partial charge is 0.395 e. The monoisotopic (exact) mass is 494 g/mol. The third kappa shape index (κ3) is 4.15. The van der Waals surface area contributed by atoms with E-state index in [1.54, 1.807) is 17.7 Å². The van der Waals surface area contributed by atoms with Crippen molar-refractivity contribution in [2.75, 3.05) is 33.3 Å². The van der Waals surface area contributed by atoms with Crippen molar-refractivity contribution in [3.05, 3.63) is 40.2 Å². The Hall–Kier alpha value is -2.75. The molecule has 0 saturated carbocycles. The molecule has 5 rings (SSSR count). The lowest BCUT2D eigenvalue weighted by atomic mass is 9.95. The minimum absolute atomic E-state index is 0.105. The van der Waals surface area contributed by atoms with Gasteiger partial charge >= 0.3 is 0 Å². The summed E-state index contributed by atoms with van der Waals surface area (Å²) in [6, 6.07) is 2.39. The van der Waals surface area contributed by atoms with Crippen molar-refractivity contribution in [2.24, 2.45) is 0 Å². The second-order valence-corrected chi connectivity index (χ2v) is 11.0. The molecule has 4 aromatic heterocycles. The lowest BCUT2D eigenvalue weighted by Crippen LogP contribution is -2.46. The number of thiophene rings is 1. The van der Waals surface area contributed by atoms with Crippen LogP contribution < -0.4 is 0 Å². The first-order chi connectivity index (χ1) is 16.8. The van der Waals surface area contributed by atoms with Gasteiger partial charge in [-0.3, -0.25) is 4.79 Å². The number of likely N-dealkylation sites (tertiary alicyclic amines) is 1. The number of aromatic amines is 1. The SMILES string of the molecule is Cc1c(C(=O)N(C)C2CCN(CCO)CC2)sc2[nH]c(-c3cc(C)c4ncnn4c3)c(C(C)C)c12. The highest BCUT2D eigenvalue weighted by Gasteiger charge is 2.30. The molecule has 1 amide bonds. The van der Waals surface area contributed by atoms with E-state index in [0.29, 0.717) is 6.54 Å². The zero-order chi connectivity index (χ0) is 24.9. The number of β-amino-alcohol motifs (C(OH)–C–C–N with tert-alkyl or cyclic N) is 1. The normalized spacial score (nSPS) is 15.6. The summed E-state index contributed by atoms with van der Waals surface area (Å²) in [6.07, 6.45) is 5.48. The zero-order valence-electron chi connectivity index (χ0n) is 21.1. The first-order valence-corrected chi connectivity index (χ1v) is 13.2. The van der Waals surface area contributed by atoms with Crippen molar-refractivity contribution >= 4 is 33.1 Å². The van der Waals surface area contributed by atoms with Crippen molar-refractivity contribution in [3.8, 4) is 11.3 Å². The fourth-order valence-electron chi connectivity index (χ4n) is 5.47. The Bertz CT molecular complexity index is 1380. The van der Waals surface area contributed by atoms with Gasteiger partial charge in [-0.15, -0.1) is 11.3 Å². The second-order valence-electron chi connectivity index (χ2n) is 9.98. The van der Waals surface area contributed by atoms with Crippen LogP contribution >= 0.6 is 11.3 Å². The molecule has 2 N–H and O–H groups in total. The summed E-state index contributed by atoms with van der Waals surface area (Å²) >= 11 is 1.56. The van der Waals surface area contributed by atoms with Gasteiger partial charge in [0.25, 0.3) is 5.91 Å². The molecule has 0 radical (unpaired) electrons. The van der Waals surface area contributed by atoms with E-state index in [1.807, 2.05) is 22.7 Å². The van der Waals surface area contributed by atoms with E-state index in [9.17, 15) is 9.90 Å². The second kappa shape index (κ2) is 9.37. The van der Waals surface area contributed by atoms with Crippen LogP contribution in [-0.4, -0.2) is 79.7 Å². The summed E-state index contributed by atoms with van der Waals surface area (Å²) in [4.78, 5) is 27.7. The Balaban J connectivity index is 1.49. The molecule has 0 unspecified atom stereocenters. The van der Waals surface area contributed by atoms with Gasteiger partial charge in [-0.25, -0.2) is 9.50 Å². The number of hydrogen-bond acceptors (Lipinski definition) is 6. The van der Waals surface area contributed by atoms with Crippen LogP contribution in [0.5, 0.6) is 0 Å². The molecule has 0 spiro atoms. The van der Waals surface area contributed by atoms with Crippen LogP contribution in [0.3, 0.4) is 0 Å². The van der Waals surface area contributed by atoms with E-state index in [4.69, 9.17) is 0 Å². The number of H-pyrrole nitrogens is 1. The van der Waals surface area contributed by atoms with Crippen molar-refractivity contribution < 1.29 is 9.90 Å². The van der Waals surface area contributed by atoms with Gasteiger partial charge in [0.1, 0.15) is 11.2 Å². The summed E-state index contributed by atoms with van der Waals surface area (Å²) in [5.41, 5.74) is 6.41. The number of hydrogen-bond donors (Lipinski definition) is 2. The summed E-state index contributed by atoms with van der Waals surface area (Å²) in [7, 11) is 1.94. The summed E-state index contributed by atoms with van der Waals surface area (Å²) in [6.45, 7) is 11.3. The molecule has 1 aliphatic rings. The quantitative estimate of drug-likeness (QED) is 0.419. The van der Waals surface area contributed by atoms with Gasteiger partial charge in [-0.05, 0) is 55.4 Å². The Morgan fingerprint density at radius 3 is 2.74 bits per heavy atom. The van der Waals surface area contributed by atoms with E-state index in [-0.39, 0.29) is 24.5 Å². The number of aliphatic hydroxyl groups excluding tert-OH is 1. The molecule has 0 bridgehead atoms. The molecule has 186 valence electrons. The predicted octanol–water partition coefficient (Wildman–Crippen LogP) is 4.21. The van der Waals surface area contributed by atoms with E-state index in [0.717, 1.165) is 63.7 Å². The number of nitrogens with zero attached hydrogens (tertiary/aromatic N) is 5. The number of pyridine rings is 1. The highest BCUT2D eigenvalue weighted by atomic mass is 32.1. The topological polar surface area (TPSA) is 89.8 Å². The summed E-state index contributed by atoms with van der Waals surface area (Å²) < 4.78 is 1.83. The van der Waals surface area contributed by atoms with Crippen LogP contribution in [0.1, 0.15) is 59.0 Å². The molecule has 1 saturated heterocycles. The van der Waals surface area contributed by atoms with E-state index < -0.39 is 0 Å². The minimum atomic E-state index is 0.105. The number of nitrogens with one attached hydrogen (secondary N) is 1. The Labute approximate surface area is 209 Å². The van der Waals surface area contributed by atoms with Crippen molar-refractivity contribution in [3.63, 3.8) is 0 Å². The van der Waals surface area contributed by atoms with Crippen LogP contribution in [0.4, 0.5) is 0 Å². The molecular weight excluding hydrogens is 460 g/mol. The van der Waals surface area contributed by atoms with Gasteiger partial charge in [0.15, 0.2) is 5.65 Å². The number of rotatable bonds is 6. The van der Waals surface area contributed by atoms with E-state index in [1.165, 1.54) is 10.9 Å². The van der Waals surface area contributed by atoms with E-state index >= 15 is 0 Å². The fraction of sp³-hybridized carbons (Fsp3) is 0.500. The smallest absolute Gasteiger partial charge is 0.264 e. The lowest BCUT2D eigenvalue weighted by Gasteiger charge is -2.36. The van der Waals surface area contributed by atoms with Gasteiger partial charge in [0, 0.05) is 49.9 Å². The number of amides is 1. The molecule has 1 fully saturated rings. The third-order valence-electron chi connectivity index (χ3n) is 7.38. The Kier molecular flexibility index (Phi) is 6.41. The van der Waals surface area contributed by atoms with Crippen molar-refractivity contribution in [2.45, 2.75) is 52.5 Å². The Morgan fingerprint density at radius 1 is 1.31 bits per heavy atom. The number of aromatic nitrogens is 4. The van der Waals surface area contributed by atoms with Crippen LogP contribution in [0.15, 0.2) is 18.6 Å². The van der Waals surface area contributed by atoms with Crippen molar-refractivity contribution in [1.82, 2.24) is 29.4 Å². The van der Waals surface area contributed by atoms with Crippen LogP contribution in [-0.2, 0) is 0 Å². The zero-order valence-corrected chi connectivity index (χ0v) is 21.9. The average molecular weight is 495 g/mol. The Morgan fingerprint density at radius 2 is 2.06 bits per heavy atom. The summed E-state index contributed by atoms with van der Waals surface area (Å²) in [5.74, 6) is 0.393. The van der Waals surface area contributed by atoms with Gasteiger partial charge in [0.05, 0.1) is 17.2 Å². The standard InChI is InChI=1S/C26H34N6O2S/c1-15(2)20-21-17(4)23(26(34)30(5)19-6-8-31(9-7-19)10-11-33)35-25(21)29-22(20)18-12-16(3)24-27-14-28-32(24)13-18/h12-15,19,29,33H,6-11H2,1-5H3. The number of fused-ring (bicyclic) bond motifs is 2. The highest BCUT2D eigenvalue weighted by Crippen LogP contribution is 2.42. The van der Waals surface area contributed by atoms with Crippen molar-refractivity contribution in [1.29, 1.82) is 0 Å². The number of aliphatic hydroxyl groups is 1. The number of aryl methyl sites for hydroxylation is 2. The van der Waals surface area contributed by atoms with Gasteiger partial charge in [-0.2, -0.15) is 5.10 Å². The third-order valence-corrected chi connectivity index (χ3v) is 8.58. The molecular formula is C26H34N6O2S. The first kappa shape index (κ1) is 24.0. The maximum Gasteiger partial charge on any atom is 0.264 e. The number of carbonyl (C=O) groups excluding carboxylic acids is 1. The average Bonchev–Trinajstić information content (AvgIpc) is 3.54. The van der Waals surface area contributed by atoms with Crippen LogP contribution in [0.2, 0.25) is 0 Å². The maximum absolute atomic E-state index is 13.6. The molecule has 9 heteroatoms. The van der Waals surface area contributed by atoms with Gasteiger partial charge in [0.2, 0.25) is 0 Å². The first-order valence-electron chi connectivity index (χ1n) is 12.4. The minimum Gasteiger partial charge on any atom is -0.395 e. The van der Waals surface area contributed by atoms with Crippen LogP contribution in [0.25, 0.3) is 27.1 Å². The summed E-state index contributed by atoms with van der Waals surface area (Å²) in [5, 5.41) is 14.7. The molecule has 35 heavy (non-hydrogen) atoms. The molecule has 5 heterocycles. The molecule has 1 aliphatic heterocycles. The predicted molar refractivity (Wildman–Crippen MR) is 140 cm³/mol. The number of piperidine rings is 1. The van der Waals surface area contributed by atoms with Crippen LogP contribution in [0, 0.1) is 13.8 Å². The molecule has 4 aromatic rings. The molecule has 0 aromatic carbocycles. The van der Waals surface area contributed by atoms with Gasteiger partial charge < -0.3 is 19.9 Å².